The number of pyridine rings is 1. The Balaban J connectivity index is 2.30. The number of nitrogens with zero attached hydrogens (tertiary/aromatic N) is 1. The molecule has 0 fully saturated rings. The van der Waals surface area contributed by atoms with Crippen LogP contribution >= 0.6 is 0 Å². The number of aryl methyl sites for hydroxylation is 1. The van der Waals surface area contributed by atoms with Gasteiger partial charge in [0.1, 0.15) is 5.52 Å². The summed E-state index contributed by atoms with van der Waals surface area (Å²) >= 11 is 0. The molecule has 1 N–H and O–H groups in total. The summed E-state index contributed by atoms with van der Waals surface area (Å²) in [7, 11) is -2.76. The highest BCUT2D eigenvalue weighted by molar-refractivity contribution is 7.90. The molecule has 7 nitrogen and oxygen atoms in total. The lowest BCUT2D eigenvalue weighted by atomic mass is 10.2. The summed E-state index contributed by atoms with van der Waals surface area (Å²) < 4.78 is 31.2. The zero-order valence-electron chi connectivity index (χ0n) is 12.9. The fourth-order valence-electron chi connectivity index (χ4n) is 2.44. The largest absolute Gasteiger partial charge is 0.465 e. The first-order chi connectivity index (χ1) is 11.4. The third-order valence-electron chi connectivity index (χ3n) is 3.69. The van der Waals surface area contributed by atoms with Crippen LogP contribution in [-0.4, -0.2) is 30.5 Å². The van der Waals surface area contributed by atoms with Gasteiger partial charge in [0.2, 0.25) is 0 Å². The van der Waals surface area contributed by atoms with Gasteiger partial charge in [-0.25, -0.2) is 17.2 Å². The number of fused-ring (bicyclic) bond motifs is 1. The number of benzene rings is 1. The minimum Gasteiger partial charge on any atom is -0.465 e. The molecule has 124 valence electrons. The molecule has 1 aromatic carbocycles. The van der Waals surface area contributed by atoms with E-state index in [9.17, 15) is 18.0 Å². The average Bonchev–Trinajstić information content (AvgIpc) is 3.01. The maximum absolute atomic E-state index is 12.8. The number of hydrogen-bond donors (Lipinski definition) is 1. The van der Waals surface area contributed by atoms with Crippen molar-refractivity contribution in [3.05, 3.63) is 64.2 Å². The van der Waals surface area contributed by atoms with E-state index in [0.717, 1.165) is 9.54 Å². The standard InChI is InChI=1S/C16H14N2O5S/c1-10-3-5-11(6-4-10)24(21,22)18-8-7-12-13(16(20)23-2)9-17-15(19)14(12)18/h3-9H,1-2H3,(H,17,19). The van der Waals surface area contributed by atoms with Crippen molar-refractivity contribution in [1.82, 2.24) is 8.96 Å². The van der Waals surface area contributed by atoms with E-state index in [-0.39, 0.29) is 21.4 Å². The molecule has 0 saturated carbocycles. The van der Waals surface area contributed by atoms with Crippen LogP contribution in [0, 0.1) is 6.92 Å². The molecule has 0 saturated heterocycles. The van der Waals surface area contributed by atoms with Crippen LogP contribution in [0.3, 0.4) is 0 Å². The molecule has 2 aromatic heterocycles. The molecule has 0 spiro atoms. The lowest BCUT2D eigenvalue weighted by Crippen LogP contribution is -2.19. The van der Waals surface area contributed by atoms with Crippen LogP contribution in [0.1, 0.15) is 15.9 Å². The van der Waals surface area contributed by atoms with Gasteiger partial charge in [-0.05, 0) is 25.1 Å². The van der Waals surface area contributed by atoms with E-state index in [1.807, 2.05) is 6.92 Å². The van der Waals surface area contributed by atoms with Gasteiger partial charge < -0.3 is 9.72 Å². The average molecular weight is 346 g/mol. The van der Waals surface area contributed by atoms with Crippen molar-refractivity contribution in [2.45, 2.75) is 11.8 Å². The number of aromatic nitrogens is 2. The topological polar surface area (TPSA) is 98.2 Å². The maximum Gasteiger partial charge on any atom is 0.340 e. The highest BCUT2D eigenvalue weighted by atomic mass is 32.2. The van der Waals surface area contributed by atoms with Crippen molar-refractivity contribution in [3.63, 3.8) is 0 Å². The van der Waals surface area contributed by atoms with Gasteiger partial charge in [0.05, 0.1) is 17.6 Å². The summed E-state index contributed by atoms with van der Waals surface area (Å²) in [5.74, 6) is -0.665. The number of methoxy groups -OCH3 is 1. The fourth-order valence-corrected chi connectivity index (χ4v) is 3.79. The number of rotatable bonds is 3. The summed E-state index contributed by atoms with van der Waals surface area (Å²) in [6.07, 6.45) is 2.46. The Hall–Kier alpha value is -2.87. The summed E-state index contributed by atoms with van der Waals surface area (Å²) in [5, 5.41) is 0.210. The Morgan fingerprint density at radius 1 is 1.17 bits per heavy atom. The monoisotopic (exact) mass is 346 g/mol. The van der Waals surface area contributed by atoms with E-state index in [0.29, 0.717) is 0 Å². The molecule has 0 radical (unpaired) electrons. The number of esters is 1. The summed E-state index contributed by atoms with van der Waals surface area (Å²) in [4.78, 5) is 26.4. The van der Waals surface area contributed by atoms with Gasteiger partial charge in [0, 0.05) is 17.8 Å². The molecular formula is C16H14N2O5S. The van der Waals surface area contributed by atoms with E-state index in [2.05, 4.69) is 9.72 Å². The quantitative estimate of drug-likeness (QED) is 0.727. The predicted octanol–water partition coefficient (Wildman–Crippen LogP) is 1.66. The number of aromatic amines is 1. The molecule has 3 aromatic rings. The molecule has 0 aliphatic rings. The third-order valence-corrected chi connectivity index (χ3v) is 5.38. The van der Waals surface area contributed by atoms with Crippen LogP contribution in [0.4, 0.5) is 0 Å². The SMILES string of the molecule is COC(=O)c1c[nH]c(=O)c2c1ccn2S(=O)(=O)c1ccc(C)cc1. The molecule has 0 aliphatic carbocycles. The van der Waals surface area contributed by atoms with Gasteiger partial charge >= 0.3 is 5.97 Å². The fraction of sp³-hybridized carbons (Fsp3) is 0.125. The first kappa shape index (κ1) is 16.0. The third kappa shape index (κ3) is 2.41. The molecule has 0 unspecified atom stereocenters. The van der Waals surface area contributed by atoms with Crippen LogP contribution < -0.4 is 5.56 Å². The number of carbonyl (C=O) groups is 1. The summed E-state index contributed by atoms with van der Waals surface area (Å²) in [6.45, 7) is 1.84. The molecule has 0 aliphatic heterocycles. The Kier molecular flexibility index (Phi) is 3.76. The van der Waals surface area contributed by atoms with E-state index >= 15 is 0 Å². The minimum atomic E-state index is -3.97. The van der Waals surface area contributed by atoms with Crippen LogP contribution in [0.2, 0.25) is 0 Å². The second-order valence-electron chi connectivity index (χ2n) is 5.21. The van der Waals surface area contributed by atoms with Crippen molar-refractivity contribution in [1.29, 1.82) is 0 Å². The van der Waals surface area contributed by atoms with Crippen molar-refractivity contribution in [3.8, 4) is 0 Å². The molecule has 0 atom stereocenters. The van der Waals surface area contributed by atoms with E-state index in [1.165, 1.54) is 37.7 Å². The van der Waals surface area contributed by atoms with Crippen LogP contribution in [0.5, 0.6) is 0 Å². The van der Waals surface area contributed by atoms with Gasteiger partial charge in [-0.15, -0.1) is 0 Å². The Bertz CT molecular complexity index is 1090. The second-order valence-corrected chi connectivity index (χ2v) is 7.03. The highest BCUT2D eigenvalue weighted by Crippen LogP contribution is 2.22. The molecule has 24 heavy (non-hydrogen) atoms. The van der Waals surface area contributed by atoms with Gasteiger partial charge in [-0.1, -0.05) is 17.7 Å². The molecular weight excluding hydrogens is 332 g/mol. The molecule has 8 heteroatoms. The number of nitrogens with one attached hydrogen (secondary N) is 1. The maximum atomic E-state index is 12.8. The lowest BCUT2D eigenvalue weighted by molar-refractivity contribution is 0.0602. The Morgan fingerprint density at radius 2 is 1.83 bits per heavy atom. The van der Waals surface area contributed by atoms with Crippen molar-refractivity contribution in [2.24, 2.45) is 0 Å². The highest BCUT2D eigenvalue weighted by Gasteiger charge is 2.23. The zero-order valence-corrected chi connectivity index (χ0v) is 13.8. The lowest BCUT2D eigenvalue weighted by Gasteiger charge is -2.08. The summed E-state index contributed by atoms with van der Waals surface area (Å²) in [5.41, 5.74) is 0.263. The smallest absolute Gasteiger partial charge is 0.340 e. The number of H-pyrrole nitrogens is 1. The summed E-state index contributed by atoms with van der Waals surface area (Å²) in [6, 6.07) is 7.68. The first-order valence-electron chi connectivity index (χ1n) is 6.99. The van der Waals surface area contributed by atoms with Gasteiger partial charge in [0.15, 0.2) is 0 Å². The first-order valence-corrected chi connectivity index (χ1v) is 8.43. The van der Waals surface area contributed by atoms with Crippen LogP contribution in [0.25, 0.3) is 10.9 Å². The molecule has 0 bridgehead atoms. The van der Waals surface area contributed by atoms with Gasteiger partial charge in [-0.3, -0.25) is 4.79 Å². The normalized spacial score (nSPS) is 11.6. The minimum absolute atomic E-state index is 0.0495. The van der Waals surface area contributed by atoms with Gasteiger partial charge in [-0.2, -0.15) is 0 Å². The molecule has 3 rings (SSSR count). The Morgan fingerprint density at radius 3 is 2.46 bits per heavy atom. The Labute approximate surface area is 137 Å². The molecule has 2 heterocycles. The predicted molar refractivity (Wildman–Crippen MR) is 87.7 cm³/mol. The molecule has 0 amide bonds. The second kappa shape index (κ2) is 5.64. The van der Waals surface area contributed by atoms with Crippen LogP contribution in [0.15, 0.2) is 52.4 Å². The van der Waals surface area contributed by atoms with Gasteiger partial charge in [0.25, 0.3) is 15.6 Å². The van der Waals surface area contributed by atoms with Crippen molar-refractivity contribution < 1.29 is 17.9 Å². The van der Waals surface area contributed by atoms with E-state index in [1.54, 1.807) is 12.1 Å². The van der Waals surface area contributed by atoms with Crippen molar-refractivity contribution >= 4 is 26.9 Å². The number of carbonyl (C=O) groups excluding carboxylic acids is 1. The number of hydrogen-bond acceptors (Lipinski definition) is 5. The van der Waals surface area contributed by atoms with E-state index in [4.69, 9.17) is 0 Å². The van der Waals surface area contributed by atoms with Crippen LogP contribution in [-0.2, 0) is 14.8 Å². The van der Waals surface area contributed by atoms with Crippen molar-refractivity contribution in [2.75, 3.05) is 7.11 Å². The zero-order chi connectivity index (χ0) is 17.5. The number of ether oxygens (including phenoxy) is 1. The van der Waals surface area contributed by atoms with E-state index < -0.39 is 21.6 Å².